The molecule has 0 amide bonds. The van der Waals surface area contributed by atoms with E-state index in [2.05, 4.69) is 49.6 Å². The van der Waals surface area contributed by atoms with Gasteiger partial charge >= 0.3 is 0 Å². The number of hydrogen-bond acceptors (Lipinski definition) is 5. The molecular weight excluding hydrogens is 529 g/mol. The number of hydrogen-bond donors (Lipinski definition) is 1. The normalized spacial score (nSPS) is 14.1. The fourth-order valence-corrected chi connectivity index (χ4v) is 3.76. The van der Waals surface area contributed by atoms with E-state index >= 15 is 0 Å². The highest BCUT2D eigenvalue weighted by Crippen LogP contribution is 2.22. The topological polar surface area (TPSA) is 70.8 Å². The maximum absolute atomic E-state index is 5.39. The van der Waals surface area contributed by atoms with Crippen molar-refractivity contribution >= 4 is 35.6 Å². The van der Waals surface area contributed by atoms with Crippen molar-refractivity contribution in [3.05, 3.63) is 71.8 Å². The van der Waals surface area contributed by atoms with Crippen LogP contribution >= 0.6 is 24.0 Å². The monoisotopic (exact) mass is 561 g/mol. The Bertz CT molecular complexity index is 1050. The quantitative estimate of drug-likeness (QED) is 0.283. The van der Waals surface area contributed by atoms with Crippen molar-refractivity contribution in [1.82, 2.24) is 25.0 Å². The standard InChI is InChI=1S/C24H31N7O.HI/c1-19-27-28-23(29(19)2)18-26-24(25-17-20-8-5-4-6-9-20)31-14-12-30(13-15-31)21-10-7-11-22(16-21)32-3;/h4-11,16H,12-15,17-18H2,1-3H3,(H,25,26);1H. The van der Waals surface area contributed by atoms with E-state index in [-0.39, 0.29) is 24.0 Å². The summed E-state index contributed by atoms with van der Waals surface area (Å²) in [6.07, 6.45) is 0. The number of halogens is 1. The van der Waals surface area contributed by atoms with Crippen LogP contribution in [-0.2, 0) is 20.1 Å². The average Bonchev–Trinajstić information content (AvgIpc) is 3.17. The minimum absolute atomic E-state index is 0. The van der Waals surface area contributed by atoms with Crippen molar-refractivity contribution in [1.29, 1.82) is 0 Å². The third kappa shape index (κ3) is 6.37. The van der Waals surface area contributed by atoms with Crippen LogP contribution in [-0.4, -0.2) is 58.9 Å². The number of piperazine rings is 1. The summed E-state index contributed by atoms with van der Waals surface area (Å²) in [5, 5.41) is 12.0. The first-order valence-corrected chi connectivity index (χ1v) is 10.9. The highest BCUT2D eigenvalue weighted by molar-refractivity contribution is 14.0. The minimum atomic E-state index is 0. The molecule has 1 aliphatic rings. The summed E-state index contributed by atoms with van der Waals surface area (Å²) in [5.74, 6) is 3.58. The lowest BCUT2D eigenvalue weighted by molar-refractivity contribution is 0.370. The molecule has 0 radical (unpaired) electrons. The molecule has 1 fully saturated rings. The molecule has 0 spiro atoms. The van der Waals surface area contributed by atoms with E-state index in [1.54, 1.807) is 7.11 Å². The second kappa shape index (κ2) is 11.9. The van der Waals surface area contributed by atoms with E-state index < -0.39 is 0 Å². The van der Waals surface area contributed by atoms with Crippen LogP contribution in [0.4, 0.5) is 5.69 Å². The van der Waals surface area contributed by atoms with Crippen LogP contribution in [0.2, 0.25) is 0 Å². The Morgan fingerprint density at radius 2 is 1.79 bits per heavy atom. The number of methoxy groups -OCH3 is 1. The lowest BCUT2D eigenvalue weighted by atomic mass is 10.2. The molecule has 2 aromatic carbocycles. The van der Waals surface area contributed by atoms with Gasteiger partial charge in [-0.25, -0.2) is 4.99 Å². The van der Waals surface area contributed by atoms with Crippen molar-refractivity contribution in [3.63, 3.8) is 0 Å². The Kier molecular flexibility index (Phi) is 8.93. The Hall–Kier alpha value is -2.82. The van der Waals surface area contributed by atoms with Gasteiger partial charge in [-0.3, -0.25) is 0 Å². The minimum Gasteiger partial charge on any atom is -0.497 e. The van der Waals surface area contributed by atoms with Crippen molar-refractivity contribution in [3.8, 4) is 5.75 Å². The third-order valence-electron chi connectivity index (χ3n) is 5.84. The average molecular weight is 561 g/mol. The zero-order valence-electron chi connectivity index (χ0n) is 19.4. The summed E-state index contributed by atoms with van der Waals surface area (Å²) in [6.45, 7) is 6.78. The molecule has 0 unspecified atom stereocenters. The van der Waals surface area contributed by atoms with E-state index in [4.69, 9.17) is 9.73 Å². The predicted molar refractivity (Wildman–Crippen MR) is 142 cm³/mol. The molecule has 33 heavy (non-hydrogen) atoms. The summed E-state index contributed by atoms with van der Waals surface area (Å²) < 4.78 is 7.39. The number of guanidine groups is 1. The molecule has 0 atom stereocenters. The van der Waals surface area contributed by atoms with Gasteiger partial charge in [0.05, 0.1) is 20.2 Å². The van der Waals surface area contributed by atoms with E-state index in [0.29, 0.717) is 13.1 Å². The van der Waals surface area contributed by atoms with Gasteiger partial charge in [0.1, 0.15) is 11.6 Å². The van der Waals surface area contributed by atoms with Crippen molar-refractivity contribution in [2.24, 2.45) is 12.0 Å². The number of nitrogens with one attached hydrogen (secondary N) is 1. The number of aromatic nitrogens is 3. The Labute approximate surface area is 212 Å². The molecule has 9 heteroatoms. The van der Waals surface area contributed by atoms with E-state index in [1.807, 2.05) is 48.9 Å². The zero-order valence-corrected chi connectivity index (χ0v) is 21.8. The van der Waals surface area contributed by atoms with Crippen LogP contribution in [0.3, 0.4) is 0 Å². The number of nitrogens with zero attached hydrogens (tertiary/aromatic N) is 6. The number of aryl methyl sites for hydroxylation is 1. The Morgan fingerprint density at radius 3 is 2.45 bits per heavy atom. The molecule has 0 bridgehead atoms. The number of aliphatic imine (C=N–C) groups is 1. The number of anilines is 1. The molecule has 0 saturated carbocycles. The van der Waals surface area contributed by atoms with Gasteiger partial charge in [-0.15, -0.1) is 34.2 Å². The number of ether oxygens (including phenoxy) is 1. The lowest BCUT2D eigenvalue weighted by Crippen LogP contribution is -2.52. The summed E-state index contributed by atoms with van der Waals surface area (Å²) in [4.78, 5) is 9.64. The maximum Gasteiger partial charge on any atom is 0.194 e. The van der Waals surface area contributed by atoms with Crippen LogP contribution in [0, 0.1) is 6.92 Å². The maximum atomic E-state index is 5.39. The van der Waals surface area contributed by atoms with Gasteiger partial charge < -0.3 is 24.4 Å². The fourth-order valence-electron chi connectivity index (χ4n) is 3.76. The largest absolute Gasteiger partial charge is 0.497 e. The molecule has 1 saturated heterocycles. The van der Waals surface area contributed by atoms with Crippen molar-refractivity contribution in [2.75, 3.05) is 38.2 Å². The molecule has 4 rings (SSSR count). The van der Waals surface area contributed by atoms with Gasteiger partial charge in [-0.05, 0) is 24.6 Å². The molecule has 1 aliphatic heterocycles. The lowest BCUT2D eigenvalue weighted by Gasteiger charge is -2.37. The van der Waals surface area contributed by atoms with Gasteiger partial charge in [-0.1, -0.05) is 36.4 Å². The summed E-state index contributed by atoms with van der Waals surface area (Å²) in [7, 11) is 3.69. The first kappa shape index (κ1) is 24.8. The number of benzene rings is 2. The van der Waals surface area contributed by atoms with Crippen LogP contribution in [0.25, 0.3) is 0 Å². The van der Waals surface area contributed by atoms with E-state index in [1.165, 1.54) is 11.3 Å². The van der Waals surface area contributed by atoms with Crippen LogP contribution in [0.1, 0.15) is 17.2 Å². The molecule has 1 N–H and O–H groups in total. The molecule has 2 heterocycles. The number of rotatable bonds is 6. The van der Waals surface area contributed by atoms with Gasteiger partial charge in [0.25, 0.3) is 0 Å². The van der Waals surface area contributed by atoms with Gasteiger partial charge in [0, 0.05) is 45.0 Å². The Morgan fingerprint density at radius 1 is 1.03 bits per heavy atom. The second-order valence-electron chi connectivity index (χ2n) is 7.88. The van der Waals surface area contributed by atoms with Gasteiger partial charge in [0.2, 0.25) is 0 Å². The molecule has 0 aliphatic carbocycles. The second-order valence-corrected chi connectivity index (χ2v) is 7.88. The molecule has 176 valence electrons. The SMILES string of the molecule is COc1cccc(N2CCN(C(=NCc3ccccc3)NCc3nnc(C)n3C)CC2)c1.I. The third-order valence-corrected chi connectivity index (χ3v) is 5.84. The van der Waals surface area contributed by atoms with Crippen LogP contribution in [0.5, 0.6) is 5.75 Å². The predicted octanol–water partition coefficient (Wildman–Crippen LogP) is 3.22. The van der Waals surface area contributed by atoms with E-state index in [0.717, 1.165) is 49.5 Å². The smallest absolute Gasteiger partial charge is 0.194 e. The summed E-state index contributed by atoms with van der Waals surface area (Å²) >= 11 is 0. The first-order valence-electron chi connectivity index (χ1n) is 10.9. The van der Waals surface area contributed by atoms with Crippen LogP contribution < -0.4 is 15.0 Å². The highest BCUT2D eigenvalue weighted by atomic mass is 127. The van der Waals surface area contributed by atoms with Gasteiger partial charge in [0.15, 0.2) is 11.8 Å². The molecule has 1 aromatic heterocycles. The van der Waals surface area contributed by atoms with E-state index in [9.17, 15) is 0 Å². The molecule has 3 aromatic rings. The zero-order chi connectivity index (χ0) is 22.3. The molecule has 8 nitrogen and oxygen atoms in total. The van der Waals surface area contributed by atoms with Crippen molar-refractivity contribution < 1.29 is 4.74 Å². The fraction of sp³-hybridized carbons (Fsp3) is 0.375. The molecular formula is C24H32IN7O. The highest BCUT2D eigenvalue weighted by Gasteiger charge is 2.21. The van der Waals surface area contributed by atoms with Crippen LogP contribution in [0.15, 0.2) is 59.6 Å². The first-order chi connectivity index (χ1) is 15.6. The Balaban J connectivity index is 0.00000306. The summed E-state index contributed by atoms with van der Waals surface area (Å²) in [5.41, 5.74) is 2.38. The summed E-state index contributed by atoms with van der Waals surface area (Å²) in [6, 6.07) is 18.6. The van der Waals surface area contributed by atoms with Crippen molar-refractivity contribution in [2.45, 2.75) is 20.0 Å². The van der Waals surface area contributed by atoms with Gasteiger partial charge in [-0.2, -0.15) is 0 Å².